The highest BCUT2D eigenvalue weighted by molar-refractivity contribution is 6.32. The molecule has 1 aromatic heterocycles. The first-order valence-corrected chi connectivity index (χ1v) is 13.3. The monoisotopic (exact) mass is 567 g/mol. The molecule has 1 amide bonds. The largest absolute Gasteiger partial charge is 0.481 e. The lowest BCUT2D eigenvalue weighted by Gasteiger charge is -2.32. The molecule has 194 valence electrons. The van der Waals surface area contributed by atoms with Crippen molar-refractivity contribution in [3.8, 4) is 16.9 Å². The van der Waals surface area contributed by atoms with Crippen LogP contribution in [0.25, 0.3) is 16.9 Å². The van der Waals surface area contributed by atoms with E-state index >= 15 is 0 Å². The normalized spacial score (nSPS) is 14.0. The highest BCUT2D eigenvalue weighted by atomic mass is 35.5. The van der Waals surface area contributed by atoms with Crippen LogP contribution in [-0.2, 0) is 11.2 Å². The summed E-state index contributed by atoms with van der Waals surface area (Å²) in [5, 5.41) is 16.2. The van der Waals surface area contributed by atoms with Crippen molar-refractivity contribution in [2.75, 3.05) is 13.1 Å². The molecule has 4 aromatic rings. The number of hydrogen-bond acceptors (Lipinski definition) is 3. The smallest absolute Gasteiger partial charge is 0.307 e. The van der Waals surface area contributed by atoms with E-state index in [1.165, 1.54) is 0 Å². The minimum Gasteiger partial charge on any atom is -0.481 e. The van der Waals surface area contributed by atoms with Crippen molar-refractivity contribution >= 4 is 46.7 Å². The topological polar surface area (TPSA) is 75.4 Å². The van der Waals surface area contributed by atoms with Crippen LogP contribution in [0, 0.1) is 0 Å². The van der Waals surface area contributed by atoms with Crippen molar-refractivity contribution in [1.82, 2.24) is 14.7 Å². The van der Waals surface area contributed by atoms with Crippen LogP contribution >= 0.6 is 34.8 Å². The van der Waals surface area contributed by atoms with Crippen LogP contribution in [0.2, 0.25) is 15.1 Å². The molecule has 38 heavy (non-hydrogen) atoms. The molecule has 0 bridgehead atoms. The Morgan fingerprint density at radius 3 is 2.13 bits per heavy atom. The Hall–Kier alpha value is -3.32. The number of halogens is 3. The van der Waals surface area contributed by atoms with E-state index < -0.39 is 5.97 Å². The molecule has 0 atom stereocenters. The van der Waals surface area contributed by atoms with Crippen molar-refractivity contribution in [2.45, 2.75) is 25.2 Å². The Kier molecular flexibility index (Phi) is 7.75. The van der Waals surface area contributed by atoms with E-state index in [-0.39, 0.29) is 23.9 Å². The van der Waals surface area contributed by atoms with Gasteiger partial charge >= 0.3 is 5.97 Å². The molecule has 0 spiro atoms. The minimum absolute atomic E-state index is 0.105. The summed E-state index contributed by atoms with van der Waals surface area (Å²) in [6.45, 7) is 1.02. The fourth-order valence-corrected chi connectivity index (χ4v) is 5.62. The highest BCUT2D eigenvalue weighted by Crippen LogP contribution is 2.36. The molecule has 1 N–H and O–H groups in total. The van der Waals surface area contributed by atoms with Gasteiger partial charge in [0, 0.05) is 34.3 Å². The van der Waals surface area contributed by atoms with E-state index in [2.05, 4.69) is 5.10 Å². The Balaban J connectivity index is 1.55. The number of carboxylic acids is 1. The summed E-state index contributed by atoms with van der Waals surface area (Å²) in [5.74, 6) is -1.12. The zero-order valence-electron chi connectivity index (χ0n) is 20.3. The zero-order chi connectivity index (χ0) is 26.8. The molecule has 9 heteroatoms. The third kappa shape index (κ3) is 5.30. The second kappa shape index (κ2) is 11.2. The maximum Gasteiger partial charge on any atom is 0.307 e. The van der Waals surface area contributed by atoms with Gasteiger partial charge in [0.2, 0.25) is 0 Å². The van der Waals surface area contributed by atoms with E-state index in [0.717, 1.165) is 23.4 Å². The number of aromatic nitrogens is 2. The van der Waals surface area contributed by atoms with E-state index in [9.17, 15) is 14.7 Å². The molecule has 2 heterocycles. The van der Waals surface area contributed by atoms with Gasteiger partial charge in [-0.1, -0.05) is 77.3 Å². The molecule has 1 saturated heterocycles. The first kappa shape index (κ1) is 26.3. The number of para-hydroxylation sites is 1. The Morgan fingerprint density at radius 1 is 0.868 bits per heavy atom. The van der Waals surface area contributed by atoms with Gasteiger partial charge in [-0.3, -0.25) is 9.59 Å². The molecule has 3 aromatic carbocycles. The lowest BCUT2D eigenvalue weighted by molar-refractivity contribution is -0.136. The van der Waals surface area contributed by atoms with Gasteiger partial charge in [0.05, 0.1) is 22.8 Å². The molecule has 0 radical (unpaired) electrons. The van der Waals surface area contributed by atoms with Gasteiger partial charge in [-0.05, 0) is 54.7 Å². The van der Waals surface area contributed by atoms with Gasteiger partial charge in [0.15, 0.2) is 5.69 Å². The maximum atomic E-state index is 13.9. The van der Waals surface area contributed by atoms with E-state index in [0.29, 0.717) is 45.6 Å². The highest BCUT2D eigenvalue weighted by Gasteiger charge is 2.32. The third-order valence-corrected chi connectivity index (χ3v) is 7.76. The number of piperidine rings is 1. The summed E-state index contributed by atoms with van der Waals surface area (Å²) >= 11 is 19.1. The quantitative estimate of drug-likeness (QED) is 0.268. The summed E-state index contributed by atoms with van der Waals surface area (Å²) in [6.07, 6.45) is 1.12. The predicted molar refractivity (Wildman–Crippen MR) is 150 cm³/mol. The van der Waals surface area contributed by atoms with E-state index in [4.69, 9.17) is 34.8 Å². The number of carbonyl (C=O) groups excluding carboxylic acids is 1. The molecule has 1 aliphatic heterocycles. The number of carboxylic acid groups (broad SMARTS) is 1. The number of hydrogen-bond donors (Lipinski definition) is 1. The summed E-state index contributed by atoms with van der Waals surface area (Å²) in [7, 11) is 0. The molecule has 0 unspecified atom stereocenters. The molecule has 5 rings (SSSR count). The average molecular weight is 569 g/mol. The summed E-state index contributed by atoms with van der Waals surface area (Å²) < 4.78 is 1.56. The fraction of sp³-hybridized carbons (Fsp3) is 0.207. The van der Waals surface area contributed by atoms with Gasteiger partial charge in [0.25, 0.3) is 5.91 Å². The molecule has 1 fully saturated rings. The number of nitrogens with zero attached hydrogens (tertiary/aromatic N) is 3. The van der Waals surface area contributed by atoms with Crippen molar-refractivity contribution in [3.63, 3.8) is 0 Å². The van der Waals surface area contributed by atoms with E-state index in [1.54, 1.807) is 52.0 Å². The van der Waals surface area contributed by atoms with Gasteiger partial charge < -0.3 is 10.0 Å². The Bertz CT molecular complexity index is 1490. The van der Waals surface area contributed by atoms with Crippen LogP contribution in [0.4, 0.5) is 0 Å². The van der Waals surface area contributed by atoms with Crippen molar-refractivity contribution in [2.24, 2.45) is 0 Å². The van der Waals surface area contributed by atoms with Crippen molar-refractivity contribution < 1.29 is 14.7 Å². The SMILES string of the molecule is O=C(O)Cc1c(C(=O)N2CCC(c3ccccc3Cl)CC2)nn(-c2ccccc2Cl)c1-c1ccc(Cl)cc1. The number of rotatable bonds is 6. The Labute approximate surface area is 235 Å². The Morgan fingerprint density at radius 2 is 1.50 bits per heavy atom. The molecular formula is C29H24Cl3N3O3. The van der Waals surface area contributed by atoms with Crippen LogP contribution in [-0.4, -0.2) is 44.8 Å². The molecule has 1 aliphatic rings. The second-order valence-electron chi connectivity index (χ2n) is 9.20. The van der Waals surface area contributed by atoms with Crippen LogP contribution in [0.15, 0.2) is 72.8 Å². The fourth-order valence-electron chi connectivity index (χ4n) is 4.99. The van der Waals surface area contributed by atoms with Crippen LogP contribution in [0.3, 0.4) is 0 Å². The minimum atomic E-state index is -1.06. The average Bonchev–Trinajstić information content (AvgIpc) is 3.27. The molecule has 0 aliphatic carbocycles. The first-order valence-electron chi connectivity index (χ1n) is 12.2. The van der Waals surface area contributed by atoms with Crippen molar-refractivity contribution in [3.05, 3.63) is 105 Å². The second-order valence-corrected chi connectivity index (χ2v) is 10.5. The number of benzene rings is 3. The van der Waals surface area contributed by atoms with Gasteiger partial charge in [-0.15, -0.1) is 0 Å². The number of carbonyl (C=O) groups is 2. The van der Waals surface area contributed by atoms with Gasteiger partial charge in [0.1, 0.15) is 0 Å². The van der Waals surface area contributed by atoms with E-state index in [1.807, 2.05) is 30.3 Å². The first-order chi connectivity index (χ1) is 18.3. The predicted octanol–water partition coefficient (Wildman–Crippen LogP) is 7.15. The van der Waals surface area contributed by atoms with Crippen LogP contribution < -0.4 is 0 Å². The standard InChI is InChI=1S/C29H24Cl3N3O3/c30-20-11-9-19(10-12-20)28-22(17-26(36)37)27(33-35(28)25-8-4-3-7-24(25)32)29(38)34-15-13-18(14-16-34)21-5-1-2-6-23(21)31/h1-12,18H,13-17H2,(H,36,37). The van der Waals surface area contributed by atoms with Gasteiger partial charge in [-0.25, -0.2) is 4.68 Å². The van der Waals surface area contributed by atoms with Crippen LogP contribution in [0.1, 0.15) is 40.4 Å². The van der Waals surface area contributed by atoms with Crippen LogP contribution in [0.5, 0.6) is 0 Å². The summed E-state index contributed by atoms with van der Waals surface area (Å²) in [4.78, 5) is 27.6. The lowest BCUT2D eigenvalue weighted by Crippen LogP contribution is -2.38. The number of amides is 1. The number of likely N-dealkylation sites (tertiary alicyclic amines) is 1. The molecule has 0 saturated carbocycles. The molecular weight excluding hydrogens is 545 g/mol. The summed E-state index contributed by atoms with van der Waals surface area (Å²) in [6, 6.07) is 21.9. The lowest BCUT2D eigenvalue weighted by atomic mass is 9.89. The van der Waals surface area contributed by atoms with Gasteiger partial charge in [-0.2, -0.15) is 5.10 Å². The number of aliphatic carboxylic acids is 1. The maximum absolute atomic E-state index is 13.9. The summed E-state index contributed by atoms with van der Waals surface area (Å²) in [5.41, 5.74) is 3.23. The zero-order valence-corrected chi connectivity index (χ0v) is 22.5. The third-order valence-electron chi connectivity index (χ3n) is 6.84. The van der Waals surface area contributed by atoms with Crippen molar-refractivity contribution in [1.29, 1.82) is 0 Å². The molecule has 6 nitrogen and oxygen atoms in total.